The fourth-order valence-corrected chi connectivity index (χ4v) is 3.88. The number of aryl methyl sites for hydroxylation is 1. The number of hydrogen-bond acceptors (Lipinski definition) is 4. The first kappa shape index (κ1) is 21.4. The Morgan fingerprint density at radius 3 is 2.33 bits per heavy atom. The molecule has 1 aliphatic rings. The molecule has 2 aromatic carbocycles. The fraction of sp³-hybridized carbons (Fsp3) is 0.348. The van der Waals surface area contributed by atoms with Crippen molar-refractivity contribution >= 4 is 23.5 Å². The molecule has 1 heterocycles. The number of aliphatic carboxylic acids is 2. The van der Waals surface area contributed by atoms with Crippen LogP contribution in [0.2, 0.25) is 0 Å². The van der Waals surface area contributed by atoms with E-state index in [1.54, 1.807) is 31.2 Å². The van der Waals surface area contributed by atoms with Crippen LogP contribution in [0.5, 0.6) is 0 Å². The Balaban J connectivity index is 1.76. The average molecular weight is 410 g/mol. The summed E-state index contributed by atoms with van der Waals surface area (Å²) in [7, 11) is 0. The molecule has 0 saturated heterocycles. The van der Waals surface area contributed by atoms with Crippen molar-refractivity contribution in [3.63, 3.8) is 0 Å². The van der Waals surface area contributed by atoms with Crippen molar-refractivity contribution in [3.8, 4) is 0 Å². The highest BCUT2D eigenvalue weighted by molar-refractivity contribution is 6.11. The Hall–Kier alpha value is -3.35. The van der Waals surface area contributed by atoms with Crippen molar-refractivity contribution in [3.05, 3.63) is 65.7 Å². The third-order valence-corrected chi connectivity index (χ3v) is 5.63. The maximum atomic E-state index is 13.3. The standard InChI is InChI=1S/C23H26N2O5/c1-2-25(15-18(20(26)27)13-12-16-8-4-3-5-9-16)21(28)23(22(29)30)14-17-10-6-7-11-19(17)24-23/h3-11,18,24H,2,12-15H2,1H3,(H,26,27)(H,29,30)/t18-,23?/m0/s1. The first-order chi connectivity index (χ1) is 14.4. The SMILES string of the molecule is CCN(C[C@H](CCc1ccccc1)C(=O)O)C(=O)C1(C(=O)O)Cc2ccccc2N1. The van der Waals surface area contributed by atoms with Crippen LogP contribution in [0.4, 0.5) is 5.69 Å². The molecular weight excluding hydrogens is 384 g/mol. The zero-order valence-corrected chi connectivity index (χ0v) is 16.9. The predicted molar refractivity (Wildman–Crippen MR) is 112 cm³/mol. The van der Waals surface area contributed by atoms with Crippen molar-refractivity contribution in [2.24, 2.45) is 5.92 Å². The highest BCUT2D eigenvalue weighted by atomic mass is 16.4. The Bertz CT molecular complexity index is 903. The number of amides is 1. The molecule has 0 bridgehead atoms. The topological polar surface area (TPSA) is 107 Å². The van der Waals surface area contributed by atoms with Gasteiger partial charge in [0.2, 0.25) is 5.54 Å². The number of fused-ring (bicyclic) bond motifs is 1. The third kappa shape index (κ3) is 4.30. The lowest BCUT2D eigenvalue weighted by atomic mass is 9.92. The minimum Gasteiger partial charge on any atom is -0.481 e. The lowest BCUT2D eigenvalue weighted by Crippen LogP contribution is -2.59. The van der Waals surface area contributed by atoms with E-state index in [1.807, 2.05) is 30.3 Å². The van der Waals surface area contributed by atoms with Gasteiger partial charge in [0.25, 0.3) is 5.91 Å². The van der Waals surface area contributed by atoms with Gasteiger partial charge in [0.15, 0.2) is 0 Å². The molecule has 0 radical (unpaired) electrons. The number of nitrogens with zero attached hydrogens (tertiary/aromatic N) is 1. The Kier molecular flexibility index (Phi) is 6.40. The van der Waals surface area contributed by atoms with Gasteiger partial charge in [-0.1, -0.05) is 48.5 Å². The molecule has 7 nitrogen and oxygen atoms in total. The van der Waals surface area contributed by atoms with Crippen LogP contribution in [-0.2, 0) is 27.2 Å². The monoisotopic (exact) mass is 410 g/mol. The van der Waals surface area contributed by atoms with Gasteiger partial charge in [0.05, 0.1) is 5.92 Å². The van der Waals surface area contributed by atoms with Crippen LogP contribution in [0, 0.1) is 5.92 Å². The van der Waals surface area contributed by atoms with Crippen LogP contribution in [0.1, 0.15) is 24.5 Å². The molecule has 3 rings (SSSR count). The zero-order chi connectivity index (χ0) is 21.7. The number of hydrogen-bond donors (Lipinski definition) is 3. The van der Waals surface area contributed by atoms with E-state index in [1.165, 1.54) is 4.90 Å². The van der Waals surface area contributed by atoms with Crippen molar-refractivity contribution in [2.45, 2.75) is 31.7 Å². The molecule has 0 fully saturated rings. The number of carbonyl (C=O) groups is 3. The zero-order valence-electron chi connectivity index (χ0n) is 16.9. The molecule has 3 N–H and O–H groups in total. The third-order valence-electron chi connectivity index (χ3n) is 5.63. The van der Waals surface area contributed by atoms with Crippen LogP contribution >= 0.6 is 0 Å². The van der Waals surface area contributed by atoms with Gasteiger partial charge in [-0.05, 0) is 37.0 Å². The largest absolute Gasteiger partial charge is 0.481 e. The second kappa shape index (κ2) is 8.98. The summed E-state index contributed by atoms with van der Waals surface area (Å²) in [5.74, 6) is -3.66. The minimum absolute atomic E-state index is 0.0234. The van der Waals surface area contributed by atoms with Gasteiger partial charge in [0, 0.05) is 25.2 Å². The normalized spacial score (nSPS) is 18.2. The predicted octanol–water partition coefficient (Wildman–Crippen LogP) is 2.66. The lowest BCUT2D eigenvalue weighted by molar-refractivity contribution is -0.152. The maximum absolute atomic E-state index is 13.3. The molecule has 2 atom stereocenters. The Morgan fingerprint density at radius 1 is 1.07 bits per heavy atom. The molecule has 0 spiro atoms. The van der Waals surface area contributed by atoms with E-state index < -0.39 is 29.3 Å². The van der Waals surface area contributed by atoms with E-state index in [4.69, 9.17) is 0 Å². The molecule has 1 amide bonds. The van der Waals surface area contributed by atoms with Gasteiger partial charge in [-0.2, -0.15) is 0 Å². The summed E-state index contributed by atoms with van der Waals surface area (Å²) < 4.78 is 0. The molecule has 1 aliphatic heterocycles. The second-order valence-electron chi connectivity index (χ2n) is 7.57. The van der Waals surface area contributed by atoms with Gasteiger partial charge in [0.1, 0.15) is 0 Å². The van der Waals surface area contributed by atoms with E-state index in [9.17, 15) is 24.6 Å². The number of anilines is 1. The molecule has 0 saturated carbocycles. The van der Waals surface area contributed by atoms with Crippen molar-refractivity contribution in [1.29, 1.82) is 0 Å². The van der Waals surface area contributed by atoms with Crippen LogP contribution in [0.15, 0.2) is 54.6 Å². The summed E-state index contributed by atoms with van der Waals surface area (Å²) in [5.41, 5.74) is 0.571. The smallest absolute Gasteiger partial charge is 0.339 e. The van der Waals surface area contributed by atoms with Gasteiger partial charge in [-0.25, -0.2) is 4.79 Å². The number of para-hydroxylation sites is 1. The quantitative estimate of drug-likeness (QED) is 0.549. The van der Waals surface area contributed by atoms with E-state index >= 15 is 0 Å². The summed E-state index contributed by atoms with van der Waals surface area (Å²) in [5, 5.41) is 22.5. The van der Waals surface area contributed by atoms with E-state index in [0.29, 0.717) is 18.5 Å². The molecule has 7 heteroatoms. The number of carboxylic acid groups (broad SMARTS) is 2. The first-order valence-corrected chi connectivity index (χ1v) is 10.0. The van der Waals surface area contributed by atoms with Crippen LogP contribution in [0.3, 0.4) is 0 Å². The molecule has 0 aliphatic carbocycles. The molecule has 30 heavy (non-hydrogen) atoms. The molecule has 1 unspecified atom stereocenters. The van der Waals surface area contributed by atoms with Gasteiger partial charge < -0.3 is 20.4 Å². The summed E-state index contributed by atoms with van der Waals surface area (Å²) in [6, 6.07) is 16.6. The number of benzene rings is 2. The van der Waals surface area contributed by atoms with Crippen LogP contribution in [0.25, 0.3) is 0 Å². The number of rotatable bonds is 9. The number of carboxylic acids is 2. The Morgan fingerprint density at radius 2 is 1.73 bits per heavy atom. The average Bonchev–Trinajstić information content (AvgIpc) is 3.15. The summed E-state index contributed by atoms with van der Waals surface area (Å²) in [6.07, 6.45) is 0.948. The van der Waals surface area contributed by atoms with Gasteiger partial charge in [-0.3, -0.25) is 9.59 Å². The highest BCUT2D eigenvalue weighted by Crippen LogP contribution is 2.34. The highest BCUT2D eigenvalue weighted by Gasteiger charge is 2.52. The number of nitrogens with one attached hydrogen (secondary N) is 1. The van der Waals surface area contributed by atoms with Gasteiger partial charge in [-0.15, -0.1) is 0 Å². The van der Waals surface area contributed by atoms with Crippen LogP contribution < -0.4 is 5.32 Å². The van der Waals surface area contributed by atoms with Gasteiger partial charge >= 0.3 is 11.9 Å². The second-order valence-corrected chi connectivity index (χ2v) is 7.57. The first-order valence-electron chi connectivity index (χ1n) is 10.0. The number of likely N-dealkylation sites (N-methyl/N-ethyl adjacent to an activating group) is 1. The lowest BCUT2D eigenvalue weighted by Gasteiger charge is -2.32. The summed E-state index contributed by atoms with van der Waals surface area (Å²) >= 11 is 0. The number of carbonyl (C=O) groups excluding carboxylic acids is 1. The van der Waals surface area contributed by atoms with Crippen molar-refractivity contribution in [2.75, 3.05) is 18.4 Å². The van der Waals surface area contributed by atoms with Crippen molar-refractivity contribution in [1.82, 2.24) is 4.90 Å². The Labute approximate surface area is 175 Å². The summed E-state index contributed by atoms with van der Waals surface area (Å²) in [4.78, 5) is 38.7. The van der Waals surface area contributed by atoms with Crippen LogP contribution in [-0.4, -0.2) is 51.6 Å². The summed E-state index contributed by atoms with van der Waals surface area (Å²) in [6.45, 7) is 1.91. The van der Waals surface area contributed by atoms with E-state index in [-0.39, 0.29) is 19.5 Å². The van der Waals surface area contributed by atoms with E-state index in [2.05, 4.69) is 5.32 Å². The molecule has 158 valence electrons. The molecule has 0 aromatic heterocycles. The fourth-order valence-electron chi connectivity index (χ4n) is 3.88. The minimum atomic E-state index is -1.82. The molecular formula is C23H26N2O5. The van der Waals surface area contributed by atoms with Crippen molar-refractivity contribution < 1.29 is 24.6 Å². The van der Waals surface area contributed by atoms with E-state index in [0.717, 1.165) is 11.1 Å². The maximum Gasteiger partial charge on any atom is 0.339 e. The molecule has 2 aromatic rings.